The number of esters is 1. The molecule has 0 saturated carbocycles. The van der Waals surface area contributed by atoms with Gasteiger partial charge in [-0.3, -0.25) is 19.7 Å². The van der Waals surface area contributed by atoms with E-state index >= 15 is 0 Å². The molecule has 0 radical (unpaired) electrons. The maximum atomic E-state index is 12.6. The summed E-state index contributed by atoms with van der Waals surface area (Å²) in [7, 11) is 0. The van der Waals surface area contributed by atoms with Gasteiger partial charge < -0.3 is 10.1 Å². The number of benzene rings is 3. The van der Waals surface area contributed by atoms with Crippen molar-refractivity contribution in [2.75, 3.05) is 11.9 Å². The number of nitro groups is 1. The van der Waals surface area contributed by atoms with Crippen LogP contribution in [0.4, 0.5) is 11.4 Å². The van der Waals surface area contributed by atoms with E-state index in [0.717, 1.165) is 6.07 Å². The van der Waals surface area contributed by atoms with E-state index in [1.165, 1.54) is 48.5 Å². The minimum Gasteiger partial charge on any atom is -0.454 e. The fraction of sp³-hybridized carbons (Fsp3) is 0.0455. The van der Waals surface area contributed by atoms with Crippen LogP contribution in [0, 0.1) is 10.1 Å². The van der Waals surface area contributed by atoms with Crippen LogP contribution in [-0.2, 0) is 4.74 Å². The van der Waals surface area contributed by atoms with E-state index in [4.69, 9.17) is 27.9 Å². The van der Waals surface area contributed by atoms with Crippen molar-refractivity contribution >= 4 is 52.2 Å². The molecule has 3 aromatic carbocycles. The third kappa shape index (κ3) is 5.48. The summed E-state index contributed by atoms with van der Waals surface area (Å²) in [5, 5.41) is 13.9. The van der Waals surface area contributed by atoms with Gasteiger partial charge in [-0.2, -0.15) is 0 Å². The number of carbonyl (C=O) groups excluding carboxylic acids is 3. The summed E-state index contributed by atoms with van der Waals surface area (Å²) < 4.78 is 5.06. The van der Waals surface area contributed by atoms with Crippen LogP contribution in [0.3, 0.4) is 0 Å². The normalized spacial score (nSPS) is 10.3. The van der Waals surface area contributed by atoms with E-state index in [0.29, 0.717) is 5.02 Å². The first-order valence-corrected chi connectivity index (χ1v) is 9.82. The van der Waals surface area contributed by atoms with Crippen LogP contribution in [0.5, 0.6) is 0 Å². The summed E-state index contributed by atoms with van der Waals surface area (Å²) in [4.78, 5) is 47.6. The largest absolute Gasteiger partial charge is 0.454 e. The second-order valence-electron chi connectivity index (χ2n) is 6.43. The number of Topliss-reactive ketones (excluding diaryl/α,β-unsaturated/α-hetero) is 1. The Morgan fingerprint density at radius 3 is 2.41 bits per heavy atom. The Labute approximate surface area is 191 Å². The van der Waals surface area contributed by atoms with Crippen LogP contribution in [-0.4, -0.2) is 29.2 Å². The zero-order valence-corrected chi connectivity index (χ0v) is 17.7. The number of amides is 1. The highest BCUT2D eigenvalue weighted by Crippen LogP contribution is 2.23. The lowest BCUT2D eigenvalue weighted by atomic mass is 10.1. The molecule has 3 rings (SSSR count). The topological polar surface area (TPSA) is 116 Å². The number of nitro benzene ring substituents is 1. The summed E-state index contributed by atoms with van der Waals surface area (Å²) >= 11 is 11.9. The lowest BCUT2D eigenvalue weighted by Crippen LogP contribution is -2.18. The van der Waals surface area contributed by atoms with Gasteiger partial charge in [0.2, 0.25) is 5.78 Å². The summed E-state index contributed by atoms with van der Waals surface area (Å²) in [6.07, 6.45) is 0. The number of ketones is 1. The maximum absolute atomic E-state index is 12.6. The molecule has 0 aliphatic carbocycles. The van der Waals surface area contributed by atoms with Crippen LogP contribution < -0.4 is 5.32 Å². The average Bonchev–Trinajstić information content (AvgIpc) is 2.77. The summed E-state index contributed by atoms with van der Waals surface area (Å²) in [6, 6.07) is 15.5. The molecular weight excluding hydrogens is 459 g/mol. The van der Waals surface area contributed by atoms with E-state index < -0.39 is 29.2 Å². The van der Waals surface area contributed by atoms with Gasteiger partial charge in [0.15, 0.2) is 6.61 Å². The summed E-state index contributed by atoms with van der Waals surface area (Å²) in [6.45, 7) is -0.634. The highest BCUT2D eigenvalue weighted by molar-refractivity contribution is 6.37. The number of para-hydroxylation sites is 1. The van der Waals surface area contributed by atoms with Gasteiger partial charge in [-0.15, -0.1) is 0 Å². The Morgan fingerprint density at radius 2 is 1.69 bits per heavy atom. The van der Waals surface area contributed by atoms with Gasteiger partial charge in [-0.05, 0) is 30.3 Å². The van der Waals surface area contributed by atoms with E-state index in [1.807, 2.05) is 0 Å². The molecule has 8 nitrogen and oxygen atoms in total. The number of carbonyl (C=O) groups is 3. The third-order valence-corrected chi connectivity index (χ3v) is 4.83. The van der Waals surface area contributed by atoms with Crippen LogP contribution in [0.25, 0.3) is 0 Å². The summed E-state index contributed by atoms with van der Waals surface area (Å²) in [5.74, 6) is -2.04. The zero-order chi connectivity index (χ0) is 23.3. The minimum atomic E-state index is -0.859. The van der Waals surface area contributed by atoms with Crippen molar-refractivity contribution < 1.29 is 24.0 Å². The van der Waals surface area contributed by atoms with Crippen LogP contribution in [0.15, 0.2) is 66.7 Å². The molecule has 162 valence electrons. The minimum absolute atomic E-state index is 0.0118. The lowest BCUT2D eigenvalue weighted by molar-refractivity contribution is -0.384. The molecule has 0 unspecified atom stereocenters. The Morgan fingerprint density at radius 1 is 0.938 bits per heavy atom. The van der Waals surface area contributed by atoms with Crippen molar-refractivity contribution in [1.29, 1.82) is 0 Å². The molecule has 3 aromatic rings. The molecule has 0 aromatic heterocycles. The van der Waals surface area contributed by atoms with Gasteiger partial charge >= 0.3 is 5.97 Å². The molecule has 0 saturated heterocycles. The van der Waals surface area contributed by atoms with Gasteiger partial charge in [0.25, 0.3) is 11.6 Å². The molecule has 0 atom stereocenters. The fourth-order valence-corrected chi connectivity index (χ4v) is 3.21. The number of non-ortho nitro benzene ring substituents is 1. The van der Waals surface area contributed by atoms with Gasteiger partial charge in [0.05, 0.1) is 26.8 Å². The first kappa shape index (κ1) is 22.9. The predicted molar refractivity (Wildman–Crippen MR) is 119 cm³/mol. The molecule has 0 aliphatic heterocycles. The molecule has 32 heavy (non-hydrogen) atoms. The first-order valence-electron chi connectivity index (χ1n) is 9.06. The number of ether oxygens (including phenoxy) is 1. The van der Waals surface area contributed by atoms with Crippen LogP contribution >= 0.6 is 23.2 Å². The molecule has 1 amide bonds. The third-order valence-electron chi connectivity index (χ3n) is 4.28. The van der Waals surface area contributed by atoms with E-state index in [9.17, 15) is 24.5 Å². The van der Waals surface area contributed by atoms with E-state index in [-0.39, 0.29) is 33.1 Å². The van der Waals surface area contributed by atoms with Crippen molar-refractivity contribution in [1.82, 2.24) is 0 Å². The smallest absolute Gasteiger partial charge is 0.340 e. The molecule has 1 N–H and O–H groups in total. The van der Waals surface area contributed by atoms with Crippen LogP contribution in [0.1, 0.15) is 31.1 Å². The van der Waals surface area contributed by atoms with Gasteiger partial charge in [0, 0.05) is 22.7 Å². The molecule has 10 heteroatoms. The molecule has 0 aliphatic rings. The Balaban J connectivity index is 1.71. The average molecular weight is 473 g/mol. The van der Waals surface area contributed by atoms with E-state index in [1.54, 1.807) is 12.1 Å². The van der Waals surface area contributed by atoms with Gasteiger partial charge in [-0.25, -0.2) is 4.79 Å². The zero-order valence-electron chi connectivity index (χ0n) is 16.2. The number of nitrogens with zero attached hydrogens (tertiary/aromatic N) is 1. The molecule has 0 heterocycles. The maximum Gasteiger partial charge on any atom is 0.340 e. The highest BCUT2D eigenvalue weighted by atomic mass is 35.5. The number of hydrogen-bond acceptors (Lipinski definition) is 6. The van der Waals surface area contributed by atoms with Crippen molar-refractivity contribution in [3.05, 3.63) is 104 Å². The lowest BCUT2D eigenvalue weighted by Gasteiger charge is -2.11. The Kier molecular flexibility index (Phi) is 7.19. The molecule has 0 bridgehead atoms. The van der Waals surface area contributed by atoms with Gasteiger partial charge in [0.1, 0.15) is 0 Å². The van der Waals surface area contributed by atoms with E-state index in [2.05, 4.69) is 5.32 Å². The number of nitrogens with one attached hydrogen (secondary N) is 1. The molecular formula is C22H14Cl2N2O6. The standard InChI is InChI=1S/C22H14Cl2N2O6/c23-14-8-9-16(18(24)11-14)21(28)25-19-7-2-1-6-17(19)22(29)32-12-20(27)13-4-3-5-15(10-13)26(30)31/h1-11H,12H2,(H,25,28). The molecule has 0 fully saturated rings. The fourth-order valence-electron chi connectivity index (χ4n) is 2.72. The van der Waals surface area contributed by atoms with Gasteiger partial charge in [-0.1, -0.05) is 47.5 Å². The summed E-state index contributed by atoms with van der Waals surface area (Å²) in [5.41, 5.74) is 0.0937. The van der Waals surface area contributed by atoms with Crippen molar-refractivity contribution in [3.8, 4) is 0 Å². The first-order chi connectivity index (χ1) is 15.3. The highest BCUT2D eigenvalue weighted by Gasteiger charge is 2.19. The number of hydrogen-bond donors (Lipinski definition) is 1. The van der Waals surface area contributed by atoms with Crippen molar-refractivity contribution in [3.63, 3.8) is 0 Å². The second-order valence-corrected chi connectivity index (χ2v) is 7.27. The van der Waals surface area contributed by atoms with Crippen LogP contribution in [0.2, 0.25) is 10.0 Å². The van der Waals surface area contributed by atoms with Crippen molar-refractivity contribution in [2.24, 2.45) is 0 Å². The Bertz CT molecular complexity index is 1230. The number of rotatable bonds is 7. The molecule has 0 spiro atoms. The SMILES string of the molecule is O=C(COC(=O)c1ccccc1NC(=O)c1ccc(Cl)cc1Cl)c1cccc([N+](=O)[O-])c1. The predicted octanol–water partition coefficient (Wildman–Crippen LogP) is 5.19. The number of anilines is 1. The Hall–Kier alpha value is -3.75. The second kappa shape index (κ2) is 10.0. The van der Waals surface area contributed by atoms with Crippen molar-refractivity contribution in [2.45, 2.75) is 0 Å². The number of halogens is 2. The monoisotopic (exact) mass is 472 g/mol. The quantitative estimate of drug-likeness (QED) is 0.219.